The Morgan fingerprint density at radius 2 is 1.69 bits per heavy atom. The summed E-state index contributed by atoms with van der Waals surface area (Å²) >= 11 is 1.66. The highest BCUT2D eigenvalue weighted by molar-refractivity contribution is 7.18. The van der Waals surface area contributed by atoms with Crippen molar-refractivity contribution < 1.29 is 14.5 Å². The van der Waals surface area contributed by atoms with Gasteiger partial charge >= 0.3 is 0 Å². The largest absolute Gasteiger partial charge is 0.326 e. The topological polar surface area (TPSA) is 75.5 Å². The first-order valence-corrected chi connectivity index (χ1v) is 9.14. The second kappa shape index (κ2) is 8.07. The molecule has 134 valence electrons. The third-order valence-corrected chi connectivity index (χ3v) is 4.78. The van der Waals surface area contributed by atoms with E-state index in [1.54, 1.807) is 35.6 Å². The molecule has 1 atom stereocenters. The number of benzene rings is 2. The van der Waals surface area contributed by atoms with Gasteiger partial charge in [-0.25, -0.2) is 4.98 Å². The Hall–Kier alpha value is -2.77. The summed E-state index contributed by atoms with van der Waals surface area (Å²) in [7, 11) is 1.98. The molecule has 0 fully saturated rings. The number of thiazole rings is 1. The second-order valence-electron chi connectivity index (χ2n) is 6.19. The molecule has 3 N–H and O–H groups in total. The highest BCUT2D eigenvalue weighted by atomic mass is 32.1. The van der Waals surface area contributed by atoms with E-state index in [4.69, 9.17) is 0 Å². The molecule has 1 heterocycles. The molecular weight excluding hydrogens is 348 g/mol. The minimum atomic E-state index is -0.123. The molecule has 3 rings (SSSR count). The Balaban J connectivity index is 1.53. The number of quaternary nitrogens is 1. The number of aromatic nitrogens is 1. The van der Waals surface area contributed by atoms with Crippen LogP contribution in [0.4, 0.5) is 11.4 Å². The fourth-order valence-electron chi connectivity index (χ4n) is 2.64. The van der Waals surface area contributed by atoms with Gasteiger partial charge in [-0.05, 0) is 36.4 Å². The number of para-hydroxylation sites is 1. The van der Waals surface area contributed by atoms with E-state index in [1.807, 2.05) is 25.2 Å². The van der Waals surface area contributed by atoms with E-state index < -0.39 is 0 Å². The van der Waals surface area contributed by atoms with Gasteiger partial charge in [0.05, 0.1) is 17.3 Å². The first kappa shape index (κ1) is 18.0. The van der Waals surface area contributed by atoms with Gasteiger partial charge < -0.3 is 15.5 Å². The van der Waals surface area contributed by atoms with Crippen LogP contribution in [0.5, 0.6) is 0 Å². The number of carbonyl (C=O) groups excluding carboxylic acids is 2. The summed E-state index contributed by atoms with van der Waals surface area (Å²) in [6.45, 7) is 2.51. The van der Waals surface area contributed by atoms with Crippen molar-refractivity contribution in [3.8, 4) is 0 Å². The monoisotopic (exact) mass is 369 g/mol. The molecule has 0 saturated heterocycles. The predicted octanol–water partition coefficient (Wildman–Crippen LogP) is 1.91. The van der Waals surface area contributed by atoms with E-state index in [0.29, 0.717) is 24.5 Å². The maximum absolute atomic E-state index is 12.2. The highest BCUT2D eigenvalue weighted by Gasteiger charge is 2.13. The molecule has 0 bridgehead atoms. The third-order valence-electron chi connectivity index (χ3n) is 3.74. The Bertz CT molecular complexity index is 888. The Kier molecular flexibility index (Phi) is 5.60. The average molecular weight is 369 g/mol. The van der Waals surface area contributed by atoms with Crippen LogP contribution < -0.4 is 15.5 Å². The van der Waals surface area contributed by atoms with Crippen molar-refractivity contribution in [3.63, 3.8) is 0 Å². The van der Waals surface area contributed by atoms with Gasteiger partial charge in [0.2, 0.25) is 5.91 Å². The Morgan fingerprint density at radius 1 is 1.04 bits per heavy atom. The van der Waals surface area contributed by atoms with E-state index in [1.165, 1.54) is 11.6 Å². The number of fused-ring (bicyclic) bond motifs is 1. The lowest BCUT2D eigenvalue weighted by molar-refractivity contribution is -0.885. The Morgan fingerprint density at radius 3 is 2.35 bits per heavy atom. The molecule has 0 aliphatic carbocycles. The van der Waals surface area contributed by atoms with Crippen LogP contribution in [-0.4, -0.2) is 30.4 Å². The van der Waals surface area contributed by atoms with Gasteiger partial charge in [-0.2, -0.15) is 0 Å². The van der Waals surface area contributed by atoms with Crippen molar-refractivity contribution in [2.24, 2.45) is 0 Å². The number of likely N-dealkylation sites (N-methyl/N-ethyl adjacent to an activating group) is 1. The van der Waals surface area contributed by atoms with Crippen molar-refractivity contribution in [1.82, 2.24) is 4.98 Å². The molecule has 0 spiro atoms. The first-order chi connectivity index (χ1) is 12.5. The quantitative estimate of drug-likeness (QED) is 0.621. The highest BCUT2D eigenvalue weighted by Crippen LogP contribution is 2.20. The molecule has 7 heteroatoms. The van der Waals surface area contributed by atoms with Crippen LogP contribution in [-0.2, 0) is 16.1 Å². The molecule has 2 aromatic carbocycles. The maximum atomic E-state index is 12.2. The molecular formula is C19H21N4O2S+. The van der Waals surface area contributed by atoms with Gasteiger partial charge in [0.15, 0.2) is 6.54 Å². The van der Waals surface area contributed by atoms with Crippen LogP contribution in [0.2, 0.25) is 0 Å². The van der Waals surface area contributed by atoms with Gasteiger partial charge in [-0.1, -0.05) is 12.1 Å². The van der Waals surface area contributed by atoms with E-state index in [9.17, 15) is 9.59 Å². The van der Waals surface area contributed by atoms with Crippen molar-refractivity contribution >= 4 is 44.7 Å². The number of carbonyl (C=O) groups is 2. The van der Waals surface area contributed by atoms with E-state index in [2.05, 4.69) is 21.7 Å². The van der Waals surface area contributed by atoms with Crippen molar-refractivity contribution in [3.05, 3.63) is 53.5 Å². The fourth-order valence-corrected chi connectivity index (χ4v) is 3.72. The zero-order chi connectivity index (χ0) is 18.5. The summed E-state index contributed by atoms with van der Waals surface area (Å²) < 4.78 is 1.17. The second-order valence-corrected chi connectivity index (χ2v) is 7.31. The lowest BCUT2D eigenvalue weighted by Gasteiger charge is -2.12. The molecule has 0 aliphatic heterocycles. The van der Waals surface area contributed by atoms with Crippen LogP contribution in [0.25, 0.3) is 10.2 Å². The molecule has 0 saturated carbocycles. The number of rotatable bonds is 6. The third kappa shape index (κ3) is 4.87. The standard InChI is InChI=1S/C19H20N4O2S/c1-13(24)20-14-7-9-15(10-8-14)21-18(25)11-23(2)12-19-22-16-5-3-4-6-17(16)26-19/h3-10H,11-12H2,1-2H3,(H,20,24)(H,21,25)/p+1. The molecule has 26 heavy (non-hydrogen) atoms. The molecule has 1 unspecified atom stereocenters. The van der Waals surface area contributed by atoms with Crippen molar-refractivity contribution in [2.45, 2.75) is 13.5 Å². The van der Waals surface area contributed by atoms with Crippen LogP contribution in [0.1, 0.15) is 11.9 Å². The molecule has 2 amide bonds. The van der Waals surface area contributed by atoms with Gasteiger partial charge in [0.25, 0.3) is 5.91 Å². The van der Waals surface area contributed by atoms with Gasteiger partial charge in [0, 0.05) is 18.3 Å². The lowest BCUT2D eigenvalue weighted by Crippen LogP contribution is -3.08. The summed E-state index contributed by atoms with van der Waals surface area (Å²) in [6, 6.07) is 15.1. The number of hydrogen-bond acceptors (Lipinski definition) is 4. The summed E-state index contributed by atoms with van der Waals surface area (Å²) in [5.41, 5.74) is 2.41. The minimum Gasteiger partial charge on any atom is -0.326 e. The van der Waals surface area contributed by atoms with Gasteiger partial charge in [-0.3, -0.25) is 9.59 Å². The van der Waals surface area contributed by atoms with Crippen LogP contribution in [0, 0.1) is 0 Å². The molecule has 1 aromatic heterocycles. The molecule has 0 radical (unpaired) electrons. The first-order valence-electron chi connectivity index (χ1n) is 8.33. The van der Waals surface area contributed by atoms with Crippen LogP contribution in [0.3, 0.4) is 0 Å². The van der Waals surface area contributed by atoms with Crippen molar-refractivity contribution in [2.75, 3.05) is 24.2 Å². The minimum absolute atomic E-state index is 0.0594. The van der Waals surface area contributed by atoms with E-state index in [0.717, 1.165) is 15.4 Å². The number of nitrogens with zero attached hydrogens (tertiary/aromatic N) is 1. The van der Waals surface area contributed by atoms with Crippen LogP contribution >= 0.6 is 11.3 Å². The molecule has 3 aromatic rings. The number of nitrogens with one attached hydrogen (secondary N) is 3. The smallest absolute Gasteiger partial charge is 0.279 e. The average Bonchev–Trinajstić information content (AvgIpc) is 2.98. The Labute approximate surface area is 155 Å². The number of anilines is 2. The van der Waals surface area contributed by atoms with Crippen molar-refractivity contribution in [1.29, 1.82) is 0 Å². The summed E-state index contributed by atoms with van der Waals surface area (Å²) in [5, 5.41) is 6.59. The van der Waals surface area contributed by atoms with Crippen LogP contribution in [0.15, 0.2) is 48.5 Å². The zero-order valence-corrected chi connectivity index (χ0v) is 15.5. The zero-order valence-electron chi connectivity index (χ0n) is 14.7. The SMILES string of the molecule is CC(=O)Nc1ccc(NC(=O)C[NH+](C)Cc2nc3ccccc3s2)cc1. The lowest BCUT2D eigenvalue weighted by atomic mass is 10.2. The summed E-state index contributed by atoms with van der Waals surface area (Å²) in [4.78, 5) is 28.9. The number of amides is 2. The van der Waals surface area contributed by atoms with E-state index >= 15 is 0 Å². The molecule has 0 aliphatic rings. The molecule has 6 nitrogen and oxygen atoms in total. The predicted molar refractivity (Wildman–Crippen MR) is 104 cm³/mol. The maximum Gasteiger partial charge on any atom is 0.279 e. The number of hydrogen-bond donors (Lipinski definition) is 3. The van der Waals surface area contributed by atoms with Gasteiger partial charge in [-0.15, -0.1) is 11.3 Å². The van der Waals surface area contributed by atoms with E-state index in [-0.39, 0.29) is 11.8 Å². The normalized spacial score (nSPS) is 11.9. The summed E-state index contributed by atoms with van der Waals surface area (Å²) in [6.07, 6.45) is 0. The summed E-state index contributed by atoms with van der Waals surface area (Å²) in [5.74, 6) is -0.183. The fraction of sp³-hybridized carbons (Fsp3) is 0.211. The van der Waals surface area contributed by atoms with Gasteiger partial charge in [0.1, 0.15) is 11.6 Å².